The van der Waals surface area contributed by atoms with Gasteiger partial charge in [-0.05, 0) is 5.21 Å². The molecule has 0 radical (unpaired) electrons. The van der Waals surface area contributed by atoms with Crippen LogP contribution in [0.3, 0.4) is 0 Å². The summed E-state index contributed by atoms with van der Waals surface area (Å²) in [5.41, 5.74) is -3.16. The predicted molar refractivity (Wildman–Crippen MR) is 78.1 cm³/mol. The zero-order valence-electron chi connectivity index (χ0n) is 11.9. The number of aromatic carboxylic acids is 1. The molecular formula is C11H6N8O6. The maximum Gasteiger partial charge on any atom is 0.336 e. The third-order valence-corrected chi connectivity index (χ3v) is 2.80. The highest BCUT2D eigenvalue weighted by molar-refractivity contribution is 5.93. The number of aromatic nitrogens is 4. The fourth-order valence-corrected chi connectivity index (χ4v) is 1.74. The first kappa shape index (κ1) is 17.0. The number of aromatic amines is 1. The number of benzene rings is 1. The van der Waals surface area contributed by atoms with Crippen molar-refractivity contribution < 1.29 is 19.7 Å². The quantitative estimate of drug-likeness (QED) is 0.375. The van der Waals surface area contributed by atoms with Crippen LogP contribution in [-0.4, -0.2) is 41.5 Å². The van der Waals surface area contributed by atoms with Crippen LogP contribution in [0.15, 0.2) is 18.3 Å². The van der Waals surface area contributed by atoms with E-state index < -0.39 is 38.4 Å². The maximum absolute atomic E-state index is 11.1. The fraction of sp³-hybridized carbons (Fsp3) is 0. The number of nitrogens with one attached hydrogen (secondary N) is 2. The van der Waals surface area contributed by atoms with E-state index in [0.717, 1.165) is 6.20 Å². The fourth-order valence-electron chi connectivity index (χ4n) is 1.74. The van der Waals surface area contributed by atoms with E-state index in [9.17, 15) is 25.0 Å². The number of tetrazole rings is 1. The number of nitro groups is 2. The highest BCUT2D eigenvalue weighted by Crippen LogP contribution is 2.36. The Morgan fingerprint density at radius 2 is 1.92 bits per heavy atom. The third-order valence-electron chi connectivity index (χ3n) is 2.80. The van der Waals surface area contributed by atoms with Gasteiger partial charge in [0.2, 0.25) is 5.82 Å². The maximum atomic E-state index is 11.1. The summed E-state index contributed by atoms with van der Waals surface area (Å²) in [5.74, 6) is -1.72. The molecule has 0 fully saturated rings. The van der Waals surface area contributed by atoms with Gasteiger partial charge in [-0.2, -0.15) is 10.5 Å². The summed E-state index contributed by atoms with van der Waals surface area (Å²) in [5, 5.41) is 54.9. The van der Waals surface area contributed by atoms with Crippen molar-refractivity contribution in [1.29, 1.82) is 5.26 Å². The summed E-state index contributed by atoms with van der Waals surface area (Å²) in [6.45, 7) is 0. The lowest BCUT2D eigenvalue weighted by atomic mass is 10.1. The van der Waals surface area contributed by atoms with Gasteiger partial charge < -0.3 is 10.4 Å². The van der Waals surface area contributed by atoms with Crippen molar-refractivity contribution >= 4 is 28.6 Å². The number of carboxylic acid groups (broad SMARTS) is 1. The van der Waals surface area contributed by atoms with Gasteiger partial charge in [-0.3, -0.25) is 20.2 Å². The summed E-state index contributed by atoms with van der Waals surface area (Å²) in [6, 6.07) is 3.00. The zero-order chi connectivity index (χ0) is 18.6. The molecule has 1 aromatic carbocycles. The van der Waals surface area contributed by atoms with E-state index in [2.05, 4.69) is 25.9 Å². The molecule has 14 heteroatoms. The summed E-state index contributed by atoms with van der Waals surface area (Å²) < 4.78 is 0. The van der Waals surface area contributed by atoms with Crippen LogP contribution < -0.4 is 5.32 Å². The molecule has 3 N–H and O–H groups in total. The number of carboxylic acids is 1. The average molecular weight is 346 g/mol. The lowest BCUT2D eigenvalue weighted by Gasteiger charge is -2.05. The molecule has 2 rings (SSSR count). The molecular weight excluding hydrogens is 340 g/mol. The third kappa shape index (κ3) is 3.50. The molecule has 0 bridgehead atoms. The van der Waals surface area contributed by atoms with Crippen molar-refractivity contribution in [3.63, 3.8) is 0 Å². The highest BCUT2D eigenvalue weighted by atomic mass is 16.6. The van der Waals surface area contributed by atoms with Gasteiger partial charge in [0.15, 0.2) is 5.69 Å². The Hall–Kier alpha value is -4.41. The van der Waals surface area contributed by atoms with E-state index in [4.69, 9.17) is 10.4 Å². The number of hydrogen-bond acceptors (Lipinski definition) is 10. The molecule has 0 spiro atoms. The van der Waals surface area contributed by atoms with Gasteiger partial charge in [0.1, 0.15) is 11.6 Å². The van der Waals surface area contributed by atoms with Crippen LogP contribution in [0.4, 0.5) is 17.1 Å². The van der Waals surface area contributed by atoms with Crippen LogP contribution in [-0.2, 0) is 0 Å². The van der Waals surface area contributed by atoms with E-state index in [1.807, 2.05) is 0 Å². The standard InChI is InChI=1S/C11H6N8O6/c12-3-6(10-14-16-17-15-10)4-13-9-7(18(22)23)1-5(11(20)21)2-8(9)19(24)25/h1-2,4,13H,(H,20,21)(H,14,15,16,17). The number of allylic oxidation sites excluding steroid dienone is 1. The van der Waals surface area contributed by atoms with Crippen molar-refractivity contribution in [2.75, 3.05) is 5.32 Å². The Morgan fingerprint density at radius 1 is 1.32 bits per heavy atom. The van der Waals surface area contributed by atoms with Gasteiger partial charge in [-0.25, -0.2) is 4.79 Å². The van der Waals surface area contributed by atoms with Crippen LogP contribution in [0.25, 0.3) is 5.57 Å². The number of nitro benzene ring substituents is 2. The first-order chi connectivity index (χ1) is 11.8. The summed E-state index contributed by atoms with van der Waals surface area (Å²) in [7, 11) is 0. The SMILES string of the molecule is N#CC(=CNc1c([N+](=O)[O-])cc(C(=O)O)cc1[N+](=O)[O-])c1nn[nH]n1. The molecule has 2 aromatic rings. The molecule has 0 aliphatic rings. The Kier molecular flexibility index (Phi) is 4.60. The van der Waals surface area contributed by atoms with Gasteiger partial charge in [0, 0.05) is 18.3 Å². The first-order valence-electron chi connectivity index (χ1n) is 6.16. The van der Waals surface area contributed by atoms with Gasteiger partial charge in [0.25, 0.3) is 0 Å². The summed E-state index contributed by atoms with van der Waals surface area (Å²) in [4.78, 5) is 31.3. The summed E-state index contributed by atoms with van der Waals surface area (Å²) in [6.07, 6.45) is 0.903. The lowest BCUT2D eigenvalue weighted by molar-refractivity contribution is -0.392. The Bertz CT molecular complexity index is 894. The van der Waals surface area contributed by atoms with Crippen LogP contribution in [0, 0.1) is 31.6 Å². The summed E-state index contributed by atoms with van der Waals surface area (Å²) >= 11 is 0. The Balaban J connectivity index is 2.59. The van der Waals surface area contributed by atoms with E-state index in [-0.39, 0.29) is 11.4 Å². The van der Waals surface area contributed by atoms with Crippen LogP contribution in [0.2, 0.25) is 0 Å². The second kappa shape index (κ2) is 6.78. The molecule has 126 valence electrons. The molecule has 1 heterocycles. The number of H-pyrrole nitrogens is 1. The van der Waals surface area contributed by atoms with Crippen molar-refractivity contribution in [2.24, 2.45) is 0 Å². The topological polar surface area (TPSA) is 214 Å². The van der Waals surface area contributed by atoms with Gasteiger partial charge >= 0.3 is 17.3 Å². The van der Waals surface area contributed by atoms with Crippen LogP contribution >= 0.6 is 0 Å². The minimum absolute atomic E-state index is 0.150. The molecule has 0 saturated carbocycles. The Morgan fingerprint density at radius 3 is 2.32 bits per heavy atom. The monoisotopic (exact) mass is 346 g/mol. The van der Waals surface area contributed by atoms with E-state index in [1.165, 1.54) is 0 Å². The molecule has 0 amide bonds. The molecule has 1 aromatic heterocycles. The minimum Gasteiger partial charge on any atom is -0.478 e. The largest absolute Gasteiger partial charge is 0.478 e. The molecule has 0 aliphatic heterocycles. The minimum atomic E-state index is -1.57. The second-order valence-corrected chi connectivity index (χ2v) is 4.26. The van der Waals surface area contributed by atoms with E-state index in [0.29, 0.717) is 12.1 Å². The average Bonchev–Trinajstić information content (AvgIpc) is 3.08. The van der Waals surface area contributed by atoms with Crippen LogP contribution in [0.1, 0.15) is 16.2 Å². The molecule has 14 nitrogen and oxygen atoms in total. The zero-order valence-corrected chi connectivity index (χ0v) is 11.9. The number of nitrogens with zero attached hydrogens (tertiary/aromatic N) is 6. The Labute approximate surface area is 136 Å². The van der Waals surface area contributed by atoms with Crippen molar-refractivity contribution in [3.05, 3.63) is 49.9 Å². The van der Waals surface area contributed by atoms with E-state index >= 15 is 0 Å². The molecule has 0 saturated heterocycles. The highest BCUT2D eigenvalue weighted by Gasteiger charge is 2.28. The van der Waals surface area contributed by atoms with E-state index in [1.54, 1.807) is 6.07 Å². The van der Waals surface area contributed by atoms with Crippen molar-refractivity contribution in [3.8, 4) is 6.07 Å². The number of nitriles is 1. The number of hydrogen-bond donors (Lipinski definition) is 3. The van der Waals surface area contributed by atoms with Gasteiger partial charge in [-0.15, -0.1) is 10.2 Å². The molecule has 0 aliphatic carbocycles. The molecule has 0 atom stereocenters. The van der Waals surface area contributed by atoms with Crippen molar-refractivity contribution in [2.45, 2.75) is 0 Å². The predicted octanol–water partition coefficient (Wildman–Crippen LogP) is 0.691. The second-order valence-electron chi connectivity index (χ2n) is 4.26. The number of rotatable bonds is 6. The molecule has 25 heavy (non-hydrogen) atoms. The number of anilines is 1. The van der Waals surface area contributed by atoms with Gasteiger partial charge in [0.05, 0.1) is 15.4 Å². The smallest absolute Gasteiger partial charge is 0.336 e. The van der Waals surface area contributed by atoms with Crippen molar-refractivity contribution in [1.82, 2.24) is 20.6 Å². The molecule has 0 unspecified atom stereocenters. The number of carbonyl (C=O) groups is 1. The lowest BCUT2D eigenvalue weighted by Crippen LogP contribution is -2.06. The van der Waals surface area contributed by atoms with Crippen LogP contribution in [0.5, 0.6) is 0 Å². The van der Waals surface area contributed by atoms with Gasteiger partial charge in [-0.1, -0.05) is 0 Å². The first-order valence-corrected chi connectivity index (χ1v) is 6.16. The normalized spacial score (nSPS) is 10.8.